The zero-order valence-electron chi connectivity index (χ0n) is 10.3. The molecular formula is C12H20N4. The minimum Gasteiger partial charge on any atom is -0.357 e. The summed E-state index contributed by atoms with van der Waals surface area (Å²) in [5.74, 6) is 2.43. The molecule has 1 saturated heterocycles. The highest BCUT2D eigenvalue weighted by molar-refractivity contribution is 5.44. The van der Waals surface area contributed by atoms with Crippen molar-refractivity contribution in [3.05, 3.63) is 12.3 Å². The highest BCUT2D eigenvalue weighted by Gasteiger charge is 2.28. The van der Waals surface area contributed by atoms with E-state index in [2.05, 4.69) is 34.0 Å². The van der Waals surface area contributed by atoms with E-state index in [0.29, 0.717) is 17.9 Å². The molecule has 1 N–H and O–H groups in total. The van der Waals surface area contributed by atoms with Gasteiger partial charge in [-0.1, -0.05) is 13.8 Å². The number of nitrogens with one attached hydrogen (secondary N) is 1. The van der Waals surface area contributed by atoms with Crippen LogP contribution in [0.15, 0.2) is 12.3 Å². The monoisotopic (exact) mass is 220 g/mol. The molecule has 2 heterocycles. The number of rotatable bonds is 3. The number of anilines is 2. The Hall–Kier alpha value is -1.32. The van der Waals surface area contributed by atoms with Gasteiger partial charge >= 0.3 is 0 Å². The molecular weight excluding hydrogens is 200 g/mol. The maximum Gasteiger partial charge on any atom is 0.224 e. The molecule has 1 aromatic heterocycles. The van der Waals surface area contributed by atoms with E-state index in [4.69, 9.17) is 0 Å². The summed E-state index contributed by atoms with van der Waals surface area (Å²) < 4.78 is 0. The number of nitrogens with zero attached hydrogens (tertiary/aromatic N) is 3. The molecule has 16 heavy (non-hydrogen) atoms. The lowest BCUT2D eigenvalue weighted by atomic mass is 10.0. The zero-order chi connectivity index (χ0) is 11.5. The molecule has 1 atom stereocenters. The second kappa shape index (κ2) is 4.68. The first kappa shape index (κ1) is 11.2. The smallest absolute Gasteiger partial charge is 0.224 e. The average Bonchev–Trinajstić information content (AvgIpc) is 2.78. The van der Waals surface area contributed by atoms with Crippen LogP contribution in [0.5, 0.6) is 0 Å². The first-order valence-electron chi connectivity index (χ1n) is 6.00. The fourth-order valence-electron chi connectivity index (χ4n) is 2.40. The van der Waals surface area contributed by atoms with E-state index in [1.54, 1.807) is 0 Å². The third-order valence-electron chi connectivity index (χ3n) is 3.23. The van der Waals surface area contributed by atoms with Crippen LogP contribution in [0.2, 0.25) is 0 Å². The second-order valence-electron chi connectivity index (χ2n) is 4.64. The lowest BCUT2D eigenvalue weighted by molar-refractivity contribution is 0.489. The molecule has 0 radical (unpaired) electrons. The summed E-state index contributed by atoms with van der Waals surface area (Å²) in [4.78, 5) is 11.1. The maximum absolute atomic E-state index is 4.51. The van der Waals surface area contributed by atoms with Crippen molar-refractivity contribution in [2.24, 2.45) is 5.92 Å². The SMILES string of the molecule is CNc1nccc(N2CCCC2C(C)C)n1. The van der Waals surface area contributed by atoms with Crippen molar-refractivity contribution in [2.45, 2.75) is 32.7 Å². The number of hydrogen-bond donors (Lipinski definition) is 1. The molecule has 1 fully saturated rings. The molecule has 2 rings (SSSR count). The maximum atomic E-state index is 4.51. The first-order chi connectivity index (χ1) is 7.72. The average molecular weight is 220 g/mol. The highest BCUT2D eigenvalue weighted by Crippen LogP contribution is 2.28. The second-order valence-corrected chi connectivity index (χ2v) is 4.64. The third kappa shape index (κ3) is 2.10. The van der Waals surface area contributed by atoms with Gasteiger partial charge in [-0.05, 0) is 24.8 Å². The van der Waals surface area contributed by atoms with Gasteiger partial charge in [0.2, 0.25) is 5.95 Å². The van der Waals surface area contributed by atoms with E-state index in [9.17, 15) is 0 Å². The van der Waals surface area contributed by atoms with E-state index in [1.165, 1.54) is 12.8 Å². The highest BCUT2D eigenvalue weighted by atomic mass is 15.3. The lowest BCUT2D eigenvalue weighted by Crippen LogP contribution is -2.34. The predicted molar refractivity (Wildman–Crippen MR) is 66.8 cm³/mol. The van der Waals surface area contributed by atoms with Gasteiger partial charge in [-0.3, -0.25) is 0 Å². The van der Waals surface area contributed by atoms with Crippen molar-refractivity contribution in [1.82, 2.24) is 9.97 Å². The molecule has 0 amide bonds. The summed E-state index contributed by atoms with van der Waals surface area (Å²) in [6, 6.07) is 2.63. The third-order valence-corrected chi connectivity index (χ3v) is 3.23. The van der Waals surface area contributed by atoms with Crippen LogP contribution in [0.1, 0.15) is 26.7 Å². The number of aromatic nitrogens is 2. The normalized spacial score (nSPS) is 20.5. The molecule has 0 aliphatic carbocycles. The zero-order valence-corrected chi connectivity index (χ0v) is 10.3. The molecule has 1 aliphatic rings. The molecule has 1 unspecified atom stereocenters. The van der Waals surface area contributed by atoms with Crippen LogP contribution < -0.4 is 10.2 Å². The molecule has 1 aliphatic heterocycles. The fraction of sp³-hybridized carbons (Fsp3) is 0.667. The van der Waals surface area contributed by atoms with Gasteiger partial charge in [-0.2, -0.15) is 4.98 Å². The molecule has 1 aromatic rings. The molecule has 4 nitrogen and oxygen atoms in total. The van der Waals surface area contributed by atoms with Gasteiger partial charge in [-0.15, -0.1) is 0 Å². The van der Waals surface area contributed by atoms with Crippen molar-refractivity contribution in [2.75, 3.05) is 23.8 Å². The Kier molecular flexibility index (Phi) is 3.27. The standard InChI is InChI=1S/C12H20N4/c1-9(2)10-5-4-8-16(10)11-6-7-14-12(13-3)15-11/h6-7,9-10H,4-5,8H2,1-3H3,(H,13,14,15). The molecule has 88 valence electrons. The summed E-state index contributed by atoms with van der Waals surface area (Å²) in [6.45, 7) is 5.68. The molecule has 0 spiro atoms. The van der Waals surface area contributed by atoms with Gasteiger partial charge < -0.3 is 10.2 Å². The van der Waals surface area contributed by atoms with Crippen LogP contribution in [-0.4, -0.2) is 29.6 Å². The fourth-order valence-corrected chi connectivity index (χ4v) is 2.40. The van der Waals surface area contributed by atoms with Crippen LogP contribution in [0.4, 0.5) is 11.8 Å². The Morgan fingerprint density at radius 3 is 3.00 bits per heavy atom. The van der Waals surface area contributed by atoms with Gasteiger partial charge in [0.25, 0.3) is 0 Å². The Morgan fingerprint density at radius 1 is 1.50 bits per heavy atom. The molecule has 0 aromatic carbocycles. The Balaban J connectivity index is 2.22. The van der Waals surface area contributed by atoms with Gasteiger partial charge in [0.05, 0.1) is 0 Å². The summed E-state index contributed by atoms with van der Waals surface area (Å²) in [6.07, 6.45) is 4.36. The lowest BCUT2D eigenvalue weighted by Gasteiger charge is -2.28. The summed E-state index contributed by atoms with van der Waals surface area (Å²) in [5, 5.41) is 2.99. The van der Waals surface area contributed by atoms with Crippen LogP contribution in [0.25, 0.3) is 0 Å². The van der Waals surface area contributed by atoms with E-state index in [0.717, 1.165) is 12.4 Å². The van der Waals surface area contributed by atoms with E-state index in [1.807, 2.05) is 19.3 Å². The Bertz CT molecular complexity index is 351. The van der Waals surface area contributed by atoms with Gasteiger partial charge in [0.1, 0.15) is 5.82 Å². The van der Waals surface area contributed by atoms with Crippen molar-refractivity contribution in [3.8, 4) is 0 Å². The van der Waals surface area contributed by atoms with Crippen molar-refractivity contribution < 1.29 is 0 Å². The van der Waals surface area contributed by atoms with Gasteiger partial charge in [-0.25, -0.2) is 4.98 Å². The predicted octanol–water partition coefficient (Wildman–Crippen LogP) is 2.14. The van der Waals surface area contributed by atoms with E-state index in [-0.39, 0.29) is 0 Å². The largest absolute Gasteiger partial charge is 0.357 e. The van der Waals surface area contributed by atoms with Crippen LogP contribution in [0, 0.1) is 5.92 Å². The van der Waals surface area contributed by atoms with Crippen LogP contribution in [0.3, 0.4) is 0 Å². The van der Waals surface area contributed by atoms with E-state index < -0.39 is 0 Å². The topological polar surface area (TPSA) is 41.1 Å². The van der Waals surface area contributed by atoms with Crippen molar-refractivity contribution in [3.63, 3.8) is 0 Å². The van der Waals surface area contributed by atoms with Crippen LogP contribution in [-0.2, 0) is 0 Å². The molecule has 0 bridgehead atoms. The van der Waals surface area contributed by atoms with Crippen molar-refractivity contribution >= 4 is 11.8 Å². The Morgan fingerprint density at radius 2 is 2.31 bits per heavy atom. The summed E-state index contributed by atoms with van der Waals surface area (Å²) >= 11 is 0. The van der Waals surface area contributed by atoms with E-state index >= 15 is 0 Å². The number of hydrogen-bond acceptors (Lipinski definition) is 4. The van der Waals surface area contributed by atoms with Crippen LogP contribution >= 0.6 is 0 Å². The minimum absolute atomic E-state index is 0.625. The van der Waals surface area contributed by atoms with Gasteiger partial charge in [0.15, 0.2) is 0 Å². The molecule has 4 heteroatoms. The summed E-state index contributed by atoms with van der Waals surface area (Å²) in [5.41, 5.74) is 0. The molecule has 0 saturated carbocycles. The minimum atomic E-state index is 0.625. The summed E-state index contributed by atoms with van der Waals surface area (Å²) in [7, 11) is 1.85. The first-order valence-corrected chi connectivity index (χ1v) is 6.00. The quantitative estimate of drug-likeness (QED) is 0.847. The van der Waals surface area contributed by atoms with Gasteiger partial charge in [0, 0.05) is 25.8 Å². The Labute approximate surface area is 97.1 Å². The van der Waals surface area contributed by atoms with Crippen molar-refractivity contribution in [1.29, 1.82) is 0 Å².